The molecule has 2 aromatic carbocycles. The monoisotopic (exact) mass is 492 g/mol. The van der Waals surface area contributed by atoms with E-state index in [4.69, 9.17) is 24.8 Å². The lowest BCUT2D eigenvalue weighted by molar-refractivity contribution is -0.0263. The minimum atomic E-state index is -2.53. The van der Waals surface area contributed by atoms with E-state index < -0.39 is 9.73 Å². The number of benzene rings is 2. The lowest BCUT2D eigenvalue weighted by Crippen LogP contribution is -2.31. The van der Waals surface area contributed by atoms with Gasteiger partial charge in [-0.1, -0.05) is 29.8 Å². The Bertz CT molecular complexity index is 1380. The number of aromatic nitrogens is 2. The molecule has 2 saturated heterocycles. The molecule has 2 fully saturated rings. The Kier molecular flexibility index (Phi) is 5.86. The van der Waals surface area contributed by atoms with Gasteiger partial charge in [0.25, 0.3) is 0 Å². The van der Waals surface area contributed by atoms with Crippen molar-refractivity contribution in [3.63, 3.8) is 0 Å². The van der Waals surface area contributed by atoms with E-state index >= 15 is 0 Å². The van der Waals surface area contributed by atoms with Crippen molar-refractivity contribution in [3.8, 4) is 0 Å². The van der Waals surface area contributed by atoms with Gasteiger partial charge < -0.3 is 20.3 Å². The topological polar surface area (TPSA) is 96.9 Å². The second-order valence-electron chi connectivity index (χ2n) is 9.95. The van der Waals surface area contributed by atoms with E-state index in [1.807, 2.05) is 18.2 Å². The first-order valence-corrected chi connectivity index (χ1v) is 14.1. The van der Waals surface area contributed by atoms with E-state index in [1.165, 1.54) is 5.56 Å². The molecule has 3 aliphatic heterocycles. The Morgan fingerprint density at radius 1 is 1.14 bits per heavy atom. The fourth-order valence-corrected chi connectivity index (χ4v) is 7.31. The molecule has 0 saturated carbocycles. The number of hydrogen-bond donors (Lipinski definition) is 1. The van der Waals surface area contributed by atoms with Crippen molar-refractivity contribution in [2.75, 3.05) is 54.9 Å². The van der Waals surface area contributed by atoms with Crippen molar-refractivity contribution >= 4 is 32.4 Å². The standard InChI is InChI=1S/C26H32N6O2S/c1-18-6-7-23-22(12-18)25(31-9-8-21(27)15-31)30-26(29-23)32-10-11-35(33,28-13-19-16-34-17-19)24-5-3-2-4-20(24)14-32/h2-7,12,19,21H,8-11,13-17,27H2,1H3/t21-,35?/m1/s1. The zero-order chi connectivity index (χ0) is 24.0. The normalized spacial score (nSPS) is 24.8. The zero-order valence-electron chi connectivity index (χ0n) is 20.1. The van der Waals surface area contributed by atoms with Gasteiger partial charge in [-0.05, 0) is 37.1 Å². The quantitative estimate of drug-likeness (QED) is 0.598. The lowest BCUT2D eigenvalue weighted by Gasteiger charge is -2.25. The number of ether oxygens (including phenoxy) is 1. The van der Waals surface area contributed by atoms with Crippen LogP contribution >= 0.6 is 0 Å². The molecule has 3 aliphatic rings. The number of aryl methyl sites for hydroxylation is 1. The largest absolute Gasteiger partial charge is 0.381 e. The summed E-state index contributed by atoms with van der Waals surface area (Å²) in [4.78, 5) is 15.3. The van der Waals surface area contributed by atoms with Crippen LogP contribution in [0.25, 0.3) is 10.9 Å². The van der Waals surface area contributed by atoms with Crippen molar-refractivity contribution in [3.05, 3.63) is 53.6 Å². The number of nitrogens with zero attached hydrogens (tertiary/aromatic N) is 5. The van der Waals surface area contributed by atoms with Crippen LogP contribution in [-0.2, 0) is 21.0 Å². The third kappa shape index (κ3) is 4.37. The van der Waals surface area contributed by atoms with Gasteiger partial charge in [0.1, 0.15) is 5.82 Å². The average Bonchev–Trinajstić information content (AvgIpc) is 3.20. The fourth-order valence-electron chi connectivity index (χ4n) is 5.07. The van der Waals surface area contributed by atoms with Crippen molar-refractivity contribution in [2.45, 2.75) is 30.8 Å². The van der Waals surface area contributed by atoms with Crippen molar-refractivity contribution in [1.29, 1.82) is 0 Å². The lowest BCUT2D eigenvalue weighted by atomic mass is 10.1. The highest BCUT2D eigenvalue weighted by atomic mass is 32.2. The van der Waals surface area contributed by atoms with Gasteiger partial charge in [0.2, 0.25) is 5.95 Å². The second kappa shape index (κ2) is 9.04. The molecule has 3 aromatic rings. The fraction of sp³-hybridized carbons (Fsp3) is 0.462. The minimum Gasteiger partial charge on any atom is -0.381 e. The summed E-state index contributed by atoms with van der Waals surface area (Å²) in [5.74, 6) is 2.44. The van der Waals surface area contributed by atoms with Gasteiger partial charge in [0.15, 0.2) is 0 Å². The summed E-state index contributed by atoms with van der Waals surface area (Å²) in [5.41, 5.74) is 9.37. The van der Waals surface area contributed by atoms with Crippen LogP contribution in [0.5, 0.6) is 0 Å². The van der Waals surface area contributed by atoms with Crippen LogP contribution in [0, 0.1) is 12.8 Å². The van der Waals surface area contributed by atoms with Crippen LogP contribution < -0.4 is 15.5 Å². The molecule has 8 nitrogen and oxygen atoms in total. The summed E-state index contributed by atoms with van der Waals surface area (Å²) in [5, 5.41) is 1.06. The molecule has 2 atom stereocenters. The SMILES string of the molecule is Cc1ccc2nc(N3CCS(=O)(=NCC4COC4)c4ccccc4C3)nc(N3CC[C@@H](N)C3)c2c1. The number of hydrogen-bond acceptors (Lipinski definition) is 8. The summed E-state index contributed by atoms with van der Waals surface area (Å²) < 4.78 is 24.2. The maximum atomic E-state index is 14.1. The first kappa shape index (κ1) is 22.7. The van der Waals surface area contributed by atoms with Gasteiger partial charge in [-0.2, -0.15) is 4.98 Å². The number of nitrogens with two attached hydrogens (primary N) is 1. The molecule has 0 amide bonds. The van der Waals surface area contributed by atoms with Crippen molar-refractivity contribution in [1.82, 2.24) is 9.97 Å². The molecule has 184 valence electrons. The molecule has 0 spiro atoms. The molecule has 2 N–H and O–H groups in total. The van der Waals surface area contributed by atoms with Gasteiger partial charge >= 0.3 is 0 Å². The van der Waals surface area contributed by atoms with Crippen LogP contribution in [-0.4, -0.2) is 65.4 Å². The van der Waals surface area contributed by atoms with E-state index in [9.17, 15) is 4.21 Å². The minimum absolute atomic E-state index is 0.158. The zero-order valence-corrected chi connectivity index (χ0v) is 20.9. The second-order valence-corrected chi connectivity index (χ2v) is 12.3. The van der Waals surface area contributed by atoms with Crippen LogP contribution in [0.4, 0.5) is 11.8 Å². The average molecular weight is 493 g/mol. The first-order valence-electron chi connectivity index (χ1n) is 12.4. The van der Waals surface area contributed by atoms with Gasteiger partial charge in [0, 0.05) is 43.5 Å². The van der Waals surface area contributed by atoms with E-state index in [0.717, 1.165) is 46.7 Å². The predicted octanol–water partition coefficient (Wildman–Crippen LogP) is 2.97. The van der Waals surface area contributed by atoms with Gasteiger partial charge in [-0.3, -0.25) is 0 Å². The molecular formula is C26H32N6O2S. The Hall–Kier alpha value is -2.75. The maximum Gasteiger partial charge on any atom is 0.228 e. The number of rotatable bonds is 4. The highest BCUT2D eigenvalue weighted by molar-refractivity contribution is 7.93. The molecule has 9 heteroatoms. The summed E-state index contributed by atoms with van der Waals surface area (Å²) >= 11 is 0. The molecule has 35 heavy (non-hydrogen) atoms. The van der Waals surface area contributed by atoms with Crippen LogP contribution in [0.3, 0.4) is 0 Å². The van der Waals surface area contributed by atoms with Crippen LogP contribution in [0.1, 0.15) is 17.5 Å². The Morgan fingerprint density at radius 2 is 2.00 bits per heavy atom. The first-order chi connectivity index (χ1) is 17.0. The summed E-state index contributed by atoms with van der Waals surface area (Å²) in [6.07, 6.45) is 0.958. The predicted molar refractivity (Wildman–Crippen MR) is 139 cm³/mol. The summed E-state index contributed by atoms with van der Waals surface area (Å²) in [7, 11) is -2.53. The molecule has 1 aromatic heterocycles. The number of anilines is 2. The van der Waals surface area contributed by atoms with Gasteiger partial charge in [-0.25, -0.2) is 13.6 Å². The molecule has 6 rings (SSSR count). The summed E-state index contributed by atoms with van der Waals surface area (Å²) in [6.45, 7) is 6.95. The van der Waals surface area contributed by atoms with E-state index in [2.05, 4.69) is 41.0 Å². The molecule has 4 heterocycles. The Morgan fingerprint density at radius 3 is 2.77 bits per heavy atom. The molecule has 0 bridgehead atoms. The van der Waals surface area contributed by atoms with Gasteiger partial charge in [0.05, 0.1) is 45.7 Å². The third-order valence-corrected chi connectivity index (χ3v) is 9.58. The third-order valence-electron chi connectivity index (χ3n) is 7.19. The molecular weight excluding hydrogens is 460 g/mol. The number of fused-ring (bicyclic) bond motifs is 2. The van der Waals surface area contributed by atoms with Crippen LogP contribution in [0.2, 0.25) is 0 Å². The van der Waals surface area contributed by atoms with Gasteiger partial charge in [-0.15, -0.1) is 0 Å². The molecule has 0 aliphatic carbocycles. The molecule has 0 radical (unpaired) electrons. The van der Waals surface area contributed by atoms with Crippen molar-refractivity contribution in [2.24, 2.45) is 16.0 Å². The van der Waals surface area contributed by atoms with E-state index in [0.29, 0.717) is 50.5 Å². The maximum absolute atomic E-state index is 14.1. The van der Waals surface area contributed by atoms with E-state index in [1.54, 1.807) is 0 Å². The highest BCUT2D eigenvalue weighted by Gasteiger charge is 2.29. The van der Waals surface area contributed by atoms with Crippen LogP contribution in [0.15, 0.2) is 51.7 Å². The van der Waals surface area contributed by atoms with Crippen molar-refractivity contribution < 1.29 is 8.95 Å². The highest BCUT2D eigenvalue weighted by Crippen LogP contribution is 2.32. The molecule has 1 unspecified atom stereocenters. The van der Waals surface area contributed by atoms with E-state index in [-0.39, 0.29) is 6.04 Å². The Labute approximate surface area is 206 Å². The smallest absolute Gasteiger partial charge is 0.228 e. The Balaban J connectivity index is 1.40. The summed E-state index contributed by atoms with van der Waals surface area (Å²) in [6, 6.07) is 14.5.